The van der Waals surface area contributed by atoms with Crippen LogP contribution in [0.5, 0.6) is 0 Å². The summed E-state index contributed by atoms with van der Waals surface area (Å²) in [4.78, 5) is 4.55. The molecule has 0 bridgehead atoms. The molecule has 0 aliphatic heterocycles. The van der Waals surface area contributed by atoms with E-state index < -0.39 is 0 Å². The molecule has 1 heterocycles. The summed E-state index contributed by atoms with van der Waals surface area (Å²) in [5.74, 6) is 1.02. The second-order valence-electron chi connectivity index (χ2n) is 6.10. The average Bonchev–Trinajstić information content (AvgIpc) is 2.53. The maximum absolute atomic E-state index is 6.39. The lowest BCUT2D eigenvalue weighted by Gasteiger charge is -2.22. The Labute approximate surface area is 131 Å². The highest BCUT2D eigenvalue weighted by Crippen LogP contribution is 2.30. The van der Waals surface area contributed by atoms with Crippen molar-refractivity contribution in [2.45, 2.75) is 50.3 Å². The highest BCUT2D eigenvalue weighted by molar-refractivity contribution is 7.99. The van der Waals surface area contributed by atoms with Gasteiger partial charge in [-0.2, -0.15) is 11.8 Å². The Hall–Kier alpha value is -1.06. The number of hydrogen-bond donors (Lipinski definition) is 1. The molecule has 1 atom stereocenters. The van der Waals surface area contributed by atoms with E-state index >= 15 is 0 Å². The van der Waals surface area contributed by atoms with Gasteiger partial charge in [-0.3, -0.25) is 4.98 Å². The predicted octanol–water partition coefficient (Wildman–Crippen LogP) is 4.61. The van der Waals surface area contributed by atoms with E-state index in [1.54, 1.807) is 0 Å². The molecule has 1 aliphatic carbocycles. The van der Waals surface area contributed by atoms with Crippen molar-refractivity contribution in [2.24, 2.45) is 5.73 Å². The monoisotopic (exact) mass is 300 g/mol. The summed E-state index contributed by atoms with van der Waals surface area (Å²) in [6.07, 6.45) is 6.96. The Morgan fingerprint density at radius 2 is 2.00 bits per heavy atom. The van der Waals surface area contributed by atoms with Gasteiger partial charge >= 0.3 is 0 Å². The Balaban J connectivity index is 1.66. The first-order valence-corrected chi connectivity index (χ1v) is 9.02. The van der Waals surface area contributed by atoms with Gasteiger partial charge in [0.05, 0.1) is 5.52 Å². The summed E-state index contributed by atoms with van der Waals surface area (Å²) in [6.45, 7) is 2.03. The smallest absolute Gasteiger partial charge is 0.0705 e. The molecule has 1 fully saturated rings. The number of nitrogens with two attached hydrogens (primary N) is 1. The van der Waals surface area contributed by atoms with Crippen molar-refractivity contribution < 1.29 is 0 Å². The third-order valence-corrected chi connectivity index (χ3v) is 5.84. The molecular formula is C18H24N2S. The third kappa shape index (κ3) is 3.78. The summed E-state index contributed by atoms with van der Waals surface area (Å²) in [6, 6.07) is 10.8. The zero-order valence-corrected chi connectivity index (χ0v) is 13.5. The highest BCUT2D eigenvalue weighted by Gasteiger charge is 2.16. The maximum Gasteiger partial charge on any atom is 0.0705 e. The number of fused-ring (bicyclic) bond motifs is 1. The normalized spacial score (nSPS) is 18.0. The fourth-order valence-corrected chi connectivity index (χ4v) is 4.38. The third-order valence-electron chi connectivity index (χ3n) is 4.34. The predicted molar refractivity (Wildman–Crippen MR) is 92.7 cm³/mol. The van der Waals surface area contributed by atoms with Crippen LogP contribution in [0.1, 0.15) is 49.4 Å². The van der Waals surface area contributed by atoms with Gasteiger partial charge in [-0.1, -0.05) is 31.4 Å². The molecule has 1 aromatic heterocycles. The van der Waals surface area contributed by atoms with Crippen LogP contribution in [0.3, 0.4) is 0 Å². The molecule has 0 amide bonds. The largest absolute Gasteiger partial charge is 0.323 e. The Bertz CT molecular complexity index is 605. The molecule has 0 radical (unpaired) electrons. The molecule has 3 heteroatoms. The Morgan fingerprint density at radius 1 is 1.19 bits per heavy atom. The minimum Gasteiger partial charge on any atom is -0.323 e. The number of rotatable bonds is 4. The Kier molecular flexibility index (Phi) is 4.81. The summed E-state index contributed by atoms with van der Waals surface area (Å²) in [5.41, 5.74) is 9.75. The van der Waals surface area contributed by atoms with Gasteiger partial charge in [-0.15, -0.1) is 0 Å². The number of benzene rings is 1. The lowest BCUT2D eigenvalue weighted by Crippen LogP contribution is -2.17. The summed E-state index contributed by atoms with van der Waals surface area (Å²) >= 11 is 2.07. The molecule has 1 aromatic carbocycles. The van der Waals surface area contributed by atoms with Crippen molar-refractivity contribution in [3.05, 3.63) is 41.6 Å². The van der Waals surface area contributed by atoms with Crippen LogP contribution >= 0.6 is 11.8 Å². The van der Waals surface area contributed by atoms with E-state index in [1.807, 2.05) is 6.92 Å². The number of thioether (sulfide) groups is 1. The van der Waals surface area contributed by atoms with E-state index in [1.165, 1.54) is 43.1 Å². The van der Waals surface area contributed by atoms with E-state index in [4.69, 9.17) is 5.73 Å². The minimum absolute atomic E-state index is 0.127. The van der Waals surface area contributed by atoms with Crippen molar-refractivity contribution in [3.8, 4) is 0 Å². The standard InChI is InChI=1S/C18H24N2S/c1-13-7-8-15-11-14(9-10-18(15)20-13)17(19)12-21-16-5-3-2-4-6-16/h7-11,16-17H,2-6,12,19H2,1H3. The second-order valence-corrected chi connectivity index (χ2v) is 7.44. The van der Waals surface area contributed by atoms with E-state index in [0.29, 0.717) is 0 Å². The second kappa shape index (κ2) is 6.80. The van der Waals surface area contributed by atoms with Gasteiger partial charge in [0.25, 0.3) is 0 Å². The van der Waals surface area contributed by atoms with E-state index in [-0.39, 0.29) is 6.04 Å². The first kappa shape index (κ1) is 14.9. The van der Waals surface area contributed by atoms with Gasteiger partial charge in [0.15, 0.2) is 0 Å². The van der Waals surface area contributed by atoms with Gasteiger partial charge in [-0.05, 0) is 43.5 Å². The Morgan fingerprint density at radius 3 is 2.81 bits per heavy atom. The van der Waals surface area contributed by atoms with Gasteiger partial charge in [0, 0.05) is 28.1 Å². The van der Waals surface area contributed by atoms with Crippen molar-refractivity contribution in [1.82, 2.24) is 4.98 Å². The van der Waals surface area contributed by atoms with E-state index in [0.717, 1.165) is 22.2 Å². The number of aryl methyl sites for hydroxylation is 1. The summed E-state index contributed by atoms with van der Waals surface area (Å²) in [7, 11) is 0. The number of pyridine rings is 1. The van der Waals surface area contributed by atoms with E-state index in [9.17, 15) is 0 Å². The van der Waals surface area contributed by atoms with E-state index in [2.05, 4.69) is 47.1 Å². The molecule has 1 saturated carbocycles. The van der Waals surface area contributed by atoms with Crippen LogP contribution in [-0.2, 0) is 0 Å². The minimum atomic E-state index is 0.127. The van der Waals surface area contributed by atoms with Gasteiger partial charge in [0.1, 0.15) is 0 Å². The lowest BCUT2D eigenvalue weighted by molar-refractivity contribution is 0.515. The molecule has 2 nitrogen and oxygen atoms in total. The molecule has 0 spiro atoms. The van der Waals surface area contributed by atoms with Crippen molar-refractivity contribution in [1.29, 1.82) is 0 Å². The molecule has 2 aromatic rings. The number of hydrogen-bond acceptors (Lipinski definition) is 3. The SMILES string of the molecule is Cc1ccc2cc(C(N)CSC3CCCCC3)ccc2n1. The van der Waals surface area contributed by atoms with Gasteiger partial charge in [-0.25, -0.2) is 0 Å². The molecule has 1 aliphatic rings. The van der Waals surface area contributed by atoms with Crippen molar-refractivity contribution in [3.63, 3.8) is 0 Å². The molecule has 112 valence electrons. The first-order chi connectivity index (χ1) is 10.2. The van der Waals surface area contributed by atoms with Crippen LogP contribution in [0.15, 0.2) is 30.3 Å². The molecular weight excluding hydrogens is 276 g/mol. The van der Waals surface area contributed by atoms with Gasteiger partial charge < -0.3 is 5.73 Å². The van der Waals surface area contributed by atoms with Crippen LogP contribution in [-0.4, -0.2) is 16.0 Å². The van der Waals surface area contributed by atoms with Crippen molar-refractivity contribution in [2.75, 3.05) is 5.75 Å². The molecule has 3 rings (SSSR count). The summed E-state index contributed by atoms with van der Waals surface area (Å²) in [5, 5.41) is 2.02. The molecule has 2 N–H and O–H groups in total. The zero-order chi connectivity index (χ0) is 14.7. The quantitative estimate of drug-likeness (QED) is 0.896. The van der Waals surface area contributed by atoms with Crippen LogP contribution in [0, 0.1) is 6.92 Å². The topological polar surface area (TPSA) is 38.9 Å². The first-order valence-electron chi connectivity index (χ1n) is 7.97. The number of aromatic nitrogens is 1. The van der Waals surface area contributed by atoms with Crippen LogP contribution in [0.25, 0.3) is 10.9 Å². The molecule has 0 saturated heterocycles. The average molecular weight is 300 g/mol. The fourth-order valence-electron chi connectivity index (χ4n) is 3.04. The number of nitrogens with zero attached hydrogens (tertiary/aromatic N) is 1. The highest BCUT2D eigenvalue weighted by atomic mass is 32.2. The van der Waals surface area contributed by atoms with Crippen LogP contribution in [0.4, 0.5) is 0 Å². The van der Waals surface area contributed by atoms with Crippen LogP contribution in [0.2, 0.25) is 0 Å². The fraction of sp³-hybridized carbons (Fsp3) is 0.500. The maximum atomic E-state index is 6.39. The lowest BCUT2D eigenvalue weighted by atomic mass is 10.0. The van der Waals surface area contributed by atoms with Crippen molar-refractivity contribution >= 4 is 22.7 Å². The molecule has 21 heavy (non-hydrogen) atoms. The van der Waals surface area contributed by atoms with Crippen LogP contribution < -0.4 is 5.73 Å². The summed E-state index contributed by atoms with van der Waals surface area (Å²) < 4.78 is 0. The molecule has 1 unspecified atom stereocenters. The van der Waals surface area contributed by atoms with Gasteiger partial charge in [0.2, 0.25) is 0 Å². The zero-order valence-electron chi connectivity index (χ0n) is 12.7.